The molecule has 1 N–H and O–H groups in total. The largest absolute Gasteiger partial charge is 0.512 e. The molecule has 0 radical (unpaired) electrons. The van der Waals surface area contributed by atoms with Crippen LogP contribution in [-0.2, 0) is 17.9 Å². The second-order valence-corrected chi connectivity index (χ2v) is 6.67. The van der Waals surface area contributed by atoms with Crippen LogP contribution >= 0.6 is 0 Å². The number of carboxylic acid groups (broad SMARTS) is 1. The molecule has 0 atom stereocenters. The zero-order chi connectivity index (χ0) is 20.4. The summed E-state index contributed by atoms with van der Waals surface area (Å²) in [5.74, 6) is -0.251. The van der Waals surface area contributed by atoms with Gasteiger partial charge in [-0.3, -0.25) is 0 Å². The van der Waals surface area contributed by atoms with Crippen molar-refractivity contribution in [1.29, 1.82) is 0 Å². The number of fused-ring (bicyclic) bond motifs is 2. The van der Waals surface area contributed by atoms with Gasteiger partial charge >= 0.3 is 6.16 Å². The normalized spacial score (nSPS) is 11.2. The molecule has 0 fully saturated rings. The third-order valence-electron chi connectivity index (χ3n) is 4.92. The van der Waals surface area contributed by atoms with Gasteiger partial charge in [0.25, 0.3) is 0 Å². The van der Waals surface area contributed by atoms with Gasteiger partial charge in [-0.05, 0) is 41.5 Å². The third-order valence-corrected chi connectivity index (χ3v) is 4.92. The van der Waals surface area contributed by atoms with E-state index in [4.69, 9.17) is 9.47 Å². The van der Waals surface area contributed by atoms with Gasteiger partial charge in [-0.25, -0.2) is 9.18 Å². The molecule has 0 bridgehead atoms. The Kier molecular flexibility index (Phi) is 5.18. The van der Waals surface area contributed by atoms with Crippen molar-refractivity contribution in [2.45, 2.75) is 20.1 Å². The number of carbonyl (C=O) groups is 1. The van der Waals surface area contributed by atoms with Crippen molar-refractivity contribution in [3.8, 4) is 5.88 Å². The number of hydrogen-bond donors (Lipinski definition) is 1. The zero-order valence-electron chi connectivity index (χ0n) is 15.9. The van der Waals surface area contributed by atoms with Gasteiger partial charge in [0.05, 0.1) is 18.7 Å². The summed E-state index contributed by atoms with van der Waals surface area (Å²) < 4.78 is 26.4. The maximum atomic E-state index is 14.0. The lowest BCUT2D eigenvalue weighted by atomic mass is 10.0. The fourth-order valence-corrected chi connectivity index (χ4v) is 3.67. The molecule has 0 aliphatic heterocycles. The first kappa shape index (κ1) is 19.0. The van der Waals surface area contributed by atoms with Crippen molar-refractivity contribution >= 4 is 27.8 Å². The number of rotatable bonds is 6. The van der Waals surface area contributed by atoms with Crippen LogP contribution in [0.2, 0.25) is 0 Å². The van der Waals surface area contributed by atoms with Crippen LogP contribution in [0.1, 0.15) is 18.1 Å². The predicted octanol–water partition coefficient (Wildman–Crippen LogP) is 5.58. The Balaban J connectivity index is 1.93. The van der Waals surface area contributed by atoms with E-state index in [1.165, 1.54) is 12.1 Å². The van der Waals surface area contributed by atoms with E-state index in [2.05, 4.69) is 0 Å². The molecule has 1 aromatic heterocycles. The molecular formula is C23H20FNO4. The standard InChI is InChI=1S/C23H20FNO4/c1-2-28-14-20-19-12-17(24)10-11-21(19)25(22(20)29-23(26)27)13-16-8-5-7-15-6-3-4-9-18(15)16/h3-12H,2,13-14H2,1H3,(H,26,27). The molecular weight excluding hydrogens is 373 g/mol. The van der Waals surface area contributed by atoms with Gasteiger partial charge in [0.2, 0.25) is 5.88 Å². The second-order valence-electron chi connectivity index (χ2n) is 6.67. The van der Waals surface area contributed by atoms with Gasteiger partial charge in [0, 0.05) is 17.6 Å². The Morgan fingerprint density at radius 1 is 1.07 bits per heavy atom. The van der Waals surface area contributed by atoms with Crippen LogP contribution in [0.4, 0.5) is 9.18 Å². The van der Waals surface area contributed by atoms with Crippen molar-refractivity contribution in [2.75, 3.05) is 6.61 Å². The molecule has 4 rings (SSSR count). The zero-order valence-corrected chi connectivity index (χ0v) is 15.9. The SMILES string of the molecule is CCOCc1c(OC(=O)O)n(Cc2cccc3ccccc23)c2ccc(F)cc12. The molecule has 6 heteroatoms. The summed E-state index contributed by atoms with van der Waals surface area (Å²) in [4.78, 5) is 11.4. The number of ether oxygens (including phenoxy) is 2. The topological polar surface area (TPSA) is 60.7 Å². The van der Waals surface area contributed by atoms with Crippen LogP contribution in [0.15, 0.2) is 60.7 Å². The van der Waals surface area contributed by atoms with Gasteiger partial charge in [0.1, 0.15) is 5.82 Å². The molecule has 5 nitrogen and oxygen atoms in total. The first-order valence-corrected chi connectivity index (χ1v) is 9.34. The molecule has 0 aliphatic rings. The van der Waals surface area contributed by atoms with E-state index >= 15 is 0 Å². The van der Waals surface area contributed by atoms with Gasteiger partial charge < -0.3 is 19.1 Å². The van der Waals surface area contributed by atoms with Crippen LogP contribution in [0, 0.1) is 5.82 Å². The first-order valence-electron chi connectivity index (χ1n) is 9.34. The van der Waals surface area contributed by atoms with Crippen molar-refractivity contribution < 1.29 is 23.8 Å². The summed E-state index contributed by atoms with van der Waals surface area (Å²) >= 11 is 0. The number of aromatic nitrogens is 1. The lowest BCUT2D eigenvalue weighted by molar-refractivity contribution is 0.125. The van der Waals surface area contributed by atoms with Crippen molar-refractivity contribution in [1.82, 2.24) is 4.57 Å². The van der Waals surface area contributed by atoms with E-state index < -0.39 is 12.0 Å². The Hall–Kier alpha value is -3.38. The highest BCUT2D eigenvalue weighted by atomic mass is 19.1. The molecule has 1 heterocycles. The van der Waals surface area contributed by atoms with Gasteiger partial charge in [-0.2, -0.15) is 0 Å². The smallest absolute Gasteiger partial charge is 0.449 e. The van der Waals surface area contributed by atoms with E-state index in [-0.39, 0.29) is 12.5 Å². The van der Waals surface area contributed by atoms with Crippen LogP contribution < -0.4 is 4.74 Å². The Morgan fingerprint density at radius 3 is 2.66 bits per heavy atom. The first-order chi connectivity index (χ1) is 14.1. The van der Waals surface area contributed by atoms with E-state index in [0.29, 0.717) is 29.6 Å². The van der Waals surface area contributed by atoms with E-state index in [0.717, 1.165) is 16.3 Å². The van der Waals surface area contributed by atoms with Crippen molar-refractivity contribution in [2.24, 2.45) is 0 Å². The monoisotopic (exact) mass is 393 g/mol. The summed E-state index contributed by atoms with van der Waals surface area (Å²) in [7, 11) is 0. The highest BCUT2D eigenvalue weighted by molar-refractivity contribution is 5.89. The quantitative estimate of drug-likeness (QED) is 0.435. The summed E-state index contributed by atoms with van der Waals surface area (Å²) in [6, 6.07) is 18.3. The lowest BCUT2D eigenvalue weighted by Crippen LogP contribution is -2.11. The number of nitrogens with zero attached hydrogens (tertiary/aromatic N) is 1. The van der Waals surface area contributed by atoms with Crippen LogP contribution in [-0.4, -0.2) is 22.4 Å². The minimum absolute atomic E-state index is 0.127. The van der Waals surface area contributed by atoms with Gasteiger partial charge in [-0.15, -0.1) is 0 Å². The maximum Gasteiger partial charge on any atom is 0.512 e. The lowest BCUT2D eigenvalue weighted by Gasteiger charge is -2.13. The van der Waals surface area contributed by atoms with E-state index in [1.807, 2.05) is 49.4 Å². The summed E-state index contributed by atoms with van der Waals surface area (Å²) in [6.45, 7) is 2.78. The Bertz CT molecular complexity index is 1190. The average molecular weight is 393 g/mol. The highest BCUT2D eigenvalue weighted by Gasteiger charge is 2.22. The molecule has 0 aliphatic carbocycles. The van der Waals surface area contributed by atoms with Crippen LogP contribution in [0.5, 0.6) is 5.88 Å². The number of hydrogen-bond acceptors (Lipinski definition) is 3. The molecule has 0 saturated carbocycles. The molecule has 0 amide bonds. The maximum absolute atomic E-state index is 14.0. The summed E-state index contributed by atoms with van der Waals surface area (Å²) in [6.07, 6.45) is -1.43. The predicted molar refractivity (Wildman–Crippen MR) is 109 cm³/mol. The molecule has 3 aromatic carbocycles. The van der Waals surface area contributed by atoms with E-state index in [1.54, 1.807) is 10.6 Å². The van der Waals surface area contributed by atoms with Crippen molar-refractivity contribution in [3.63, 3.8) is 0 Å². The van der Waals surface area contributed by atoms with Gasteiger partial charge in [0.15, 0.2) is 0 Å². The Morgan fingerprint density at radius 2 is 1.86 bits per heavy atom. The Labute approximate surface area is 166 Å². The molecule has 29 heavy (non-hydrogen) atoms. The molecule has 0 saturated heterocycles. The molecule has 4 aromatic rings. The number of halogens is 1. The second kappa shape index (κ2) is 7.93. The highest BCUT2D eigenvalue weighted by Crippen LogP contribution is 2.35. The van der Waals surface area contributed by atoms with Gasteiger partial charge in [-0.1, -0.05) is 42.5 Å². The summed E-state index contributed by atoms with van der Waals surface area (Å²) in [5, 5.41) is 12.0. The minimum atomic E-state index is -1.43. The minimum Gasteiger partial charge on any atom is -0.449 e. The fraction of sp³-hybridized carbons (Fsp3) is 0.174. The van der Waals surface area contributed by atoms with Crippen LogP contribution in [0.3, 0.4) is 0 Å². The molecule has 0 spiro atoms. The molecule has 0 unspecified atom stereocenters. The average Bonchev–Trinajstić information content (AvgIpc) is 2.98. The third kappa shape index (κ3) is 3.67. The molecule has 148 valence electrons. The number of benzene rings is 3. The summed E-state index contributed by atoms with van der Waals surface area (Å²) in [5.41, 5.74) is 2.21. The van der Waals surface area contributed by atoms with Crippen LogP contribution in [0.25, 0.3) is 21.7 Å². The fourth-order valence-electron chi connectivity index (χ4n) is 3.67. The van der Waals surface area contributed by atoms with Crippen molar-refractivity contribution in [3.05, 3.63) is 77.6 Å². The van der Waals surface area contributed by atoms with E-state index in [9.17, 15) is 14.3 Å².